The summed E-state index contributed by atoms with van der Waals surface area (Å²) in [6, 6.07) is 16.6. The fraction of sp³-hybridized carbons (Fsp3) is 0.429. The second-order valence-electron chi connectivity index (χ2n) is 7.21. The molecule has 2 heterocycles. The molecule has 25 heavy (non-hydrogen) atoms. The predicted molar refractivity (Wildman–Crippen MR) is 95.5 cm³/mol. The van der Waals surface area contributed by atoms with E-state index in [1.165, 1.54) is 11.1 Å². The van der Waals surface area contributed by atoms with Gasteiger partial charge in [-0.25, -0.2) is 0 Å². The molecule has 0 amide bonds. The molecule has 2 aromatic carbocycles. The second-order valence-corrected chi connectivity index (χ2v) is 7.21. The Labute approximate surface area is 148 Å². The summed E-state index contributed by atoms with van der Waals surface area (Å²) in [5.74, 6) is 1.78. The van der Waals surface area contributed by atoms with Gasteiger partial charge in [0, 0.05) is 5.41 Å². The minimum absolute atomic E-state index is 0.117. The zero-order chi connectivity index (χ0) is 17.3. The molecule has 2 aromatic rings. The van der Waals surface area contributed by atoms with Crippen molar-refractivity contribution in [2.75, 3.05) is 26.4 Å². The SMILES string of the molecule is CC(C)(c1ccc(OCC2CO2)cc1)c1cccc(OCC2CO2)c1. The van der Waals surface area contributed by atoms with E-state index in [4.69, 9.17) is 18.9 Å². The highest BCUT2D eigenvalue weighted by molar-refractivity contribution is 5.42. The molecule has 2 saturated heterocycles. The van der Waals surface area contributed by atoms with Crippen molar-refractivity contribution in [2.24, 2.45) is 0 Å². The maximum absolute atomic E-state index is 5.82. The summed E-state index contributed by atoms with van der Waals surface area (Å²) in [6.07, 6.45) is 0.546. The number of ether oxygens (including phenoxy) is 4. The molecule has 0 radical (unpaired) electrons. The first-order chi connectivity index (χ1) is 12.1. The van der Waals surface area contributed by atoms with Gasteiger partial charge in [0.05, 0.1) is 13.2 Å². The quantitative estimate of drug-likeness (QED) is 0.689. The van der Waals surface area contributed by atoms with Gasteiger partial charge in [-0.1, -0.05) is 38.1 Å². The van der Waals surface area contributed by atoms with E-state index in [2.05, 4.69) is 38.1 Å². The van der Waals surface area contributed by atoms with Gasteiger partial charge >= 0.3 is 0 Å². The van der Waals surface area contributed by atoms with Crippen LogP contribution in [0.1, 0.15) is 25.0 Å². The Balaban J connectivity index is 1.46. The van der Waals surface area contributed by atoms with Gasteiger partial charge in [-0.05, 0) is 35.4 Å². The maximum atomic E-state index is 5.82. The van der Waals surface area contributed by atoms with Crippen molar-refractivity contribution in [3.63, 3.8) is 0 Å². The van der Waals surface area contributed by atoms with Crippen molar-refractivity contribution in [2.45, 2.75) is 31.5 Å². The van der Waals surface area contributed by atoms with Crippen molar-refractivity contribution in [3.05, 3.63) is 59.7 Å². The summed E-state index contributed by atoms with van der Waals surface area (Å²) in [5, 5.41) is 0. The number of epoxide rings is 2. The molecule has 0 spiro atoms. The topological polar surface area (TPSA) is 43.5 Å². The Hall–Kier alpha value is -2.04. The molecular weight excluding hydrogens is 316 g/mol. The van der Waals surface area contributed by atoms with Crippen LogP contribution in [0.2, 0.25) is 0 Å². The van der Waals surface area contributed by atoms with Crippen LogP contribution in [0.3, 0.4) is 0 Å². The van der Waals surface area contributed by atoms with Crippen molar-refractivity contribution < 1.29 is 18.9 Å². The van der Waals surface area contributed by atoms with Crippen LogP contribution in [0, 0.1) is 0 Å². The van der Waals surface area contributed by atoms with Gasteiger partial charge in [0.1, 0.15) is 36.9 Å². The van der Waals surface area contributed by atoms with Gasteiger partial charge in [0.25, 0.3) is 0 Å². The van der Waals surface area contributed by atoms with Crippen molar-refractivity contribution >= 4 is 0 Å². The molecule has 0 saturated carbocycles. The summed E-state index contributed by atoms with van der Waals surface area (Å²) in [7, 11) is 0. The lowest BCUT2D eigenvalue weighted by atomic mass is 9.78. The summed E-state index contributed by atoms with van der Waals surface area (Å²) < 4.78 is 21.9. The number of rotatable bonds is 8. The molecule has 2 unspecified atom stereocenters. The Morgan fingerprint density at radius 2 is 1.44 bits per heavy atom. The molecule has 0 bridgehead atoms. The zero-order valence-corrected chi connectivity index (χ0v) is 14.7. The van der Waals surface area contributed by atoms with E-state index < -0.39 is 0 Å². The van der Waals surface area contributed by atoms with E-state index in [-0.39, 0.29) is 17.6 Å². The van der Waals surface area contributed by atoms with Crippen LogP contribution in [0.5, 0.6) is 11.5 Å². The van der Waals surface area contributed by atoms with E-state index >= 15 is 0 Å². The van der Waals surface area contributed by atoms with E-state index in [1.807, 2.05) is 24.3 Å². The van der Waals surface area contributed by atoms with Gasteiger partial charge in [0.15, 0.2) is 0 Å². The lowest BCUT2D eigenvalue weighted by Gasteiger charge is -2.26. The summed E-state index contributed by atoms with van der Waals surface area (Å²) in [6.45, 7) is 7.34. The molecule has 0 N–H and O–H groups in total. The largest absolute Gasteiger partial charge is 0.491 e. The molecule has 2 fully saturated rings. The Kier molecular flexibility index (Phi) is 4.40. The summed E-state index contributed by atoms with van der Waals surface area (Å²) >= 11 is 0. The van der Waals surface area contributed by atoms with Crippen LogP contribution in [-0.4, -0.2) is 38.6 Å². The molecule has 2 aliphatic heterocycles. The molecule has 0 aliphatic carbocycles. The minimum Gasteiger partial charge on any atom is -0.491 e. The molecule has 2 aliphatic rings. The average Bonchev–Trinajstić information content (AvgIpc) is 3.54. The Bertz CT molecular complexity index is 715. The molecule has 4 rings (SSSR count). The van der Waals surface area contributed by atoms with Crippen LogP contribution in [0.25, 0.3) is 0 Å². The third kappa shape index (κ3) is 4.14. The average molecular weight is 340 g/mol. The van der Waals surface area contributed by atoms with E-state index in [9.17, 15) is 0 Å². The van der Waals surface area contributed by atoms with Gasteiger partial charge in [-0.3, -0.25) is 0 Å². The van der Waals surface area contributed by atoms with Gasteiger partial charge < -0.3 is 18.9 Å². The Morgan fingerprint density at radius 3 is 2.04 bits per heavy atom. The van der Waals surface area contributed by atoms with E-state index in [0.717, 1.165) is 24.7 Å². The molecule has 0 aromatic heterocycles. The lowest BCUT2D eigenvalue weighted by Crippen LogP contribution is -2.19. The normalized spacial score (nSPS) is 21.7. The number of hydrogen-bond acceptors (Lipinski definition) is 4. The third-order valence-electron chi connectivity index (χ3n) is 4.81. The van der Waals surface area contributed by atoms with Gasteiger partial charge in [0.2, 0.25) is 0 Å². The van der Waals surface area contributed by atoms with Crippen LogP contribution in [0.15, 0.2) is 48.5 Å². The molecule has 4 heteroatoms. The van der Waals surface area contributed by atoms with Crippen LogP contribution in [0.4, 0.5) is 0 Å². The Morgan fingerprint density at radius 1 is 0.840 bits per heavy atom. The number of benzene rings is 2. The second kappa shape index (κ2) is 6.70. The fourth-order valence-corrected chi connectivity index (χ4v) is 2.82. The molecule has 4 nitrogen and oxygen atoms in total. The summed E-state index contributed by atoms with van der Waals surface area (Å²) in [5.41, 5.74) is 2.35. The molecular formula is C21H24O4. The standard InChI is InChI=1S/C21H24O4/c1-21(2,15-6-8-17(9-7-15)22-11-19-13-24-19)16-4-3-5-18(10-16)23-12-20-14-25-20/h3-10,19-20H,11-14H2,1-2H3. The monoisotopic (exact) mass is 340 g/mol. The van der Waals surface area contributed by atoms with Crippen molar-refractivity contribution in [1.82, 2.24) is 0 Å². The highest BCUT2D eigenvalue weighted by Crippen LogP contribution is 2.34. The fourth-order valence-electron chi connectivity index (χ4n) is 2.82. The zero-order valence-electron chi connectivity index (χ0n) is 14.7. The maximum Gasteiger partial charge on any atom is 0.119 e. The predicted octanol–water partition coefficient (Wildman–Crippen LogP) is 3.57. The van der Waals surface area contributed by atoms with Gasteiger partial charge in [-0.2, -0.15) is 0 Å². The first-order valence-electron chi connectivity index (χ1n) is 8.81. The minimum atomic E-state index is -0.117. The van der Waals surface area contributed by atoms with Crippen LogP contribution < -0.4 is 9.47 Å². The lowest BCUT2D eigenvalue weighted by molar-refractivity contribution is 0.262. The van der Waals surface area contributed by atoms with Gasteiger partial charge in [-0.15, -0.1) is 0 Å². The third-order valence-corrected chi connectivity index (χ3v) is 4.81. The number of hydrogen-bond donors (Lipinski definition) is 0. The first kappa shape index (κ1) is 16.4. The highest BCUT2D eigenvalue weighted by atomic mass is 16.6. The molecule has 2 atom stereocenters. The van der Waals surface area contributed by atoms with Crippen molar-refractivity contribution in [1.29, 1.82) is 0 Å². The highest BCUT2D eigenvalue weighted by Gasteiger charge is 2.26. The van der Waals surface area contributed by atoms with E-state index in [1.54, 1.807) is 0 Å². The molecule has 132 valence electrons. The van der Waals surface area contributed by atoms with Crippen LogP contribution >= 0.6 is 0 Å². The van der Waals surface area contributed by atoms with E-state index in [0.29, 0.717) is 13.2 Å². The summed E-state index contributed by atoms with van der Waals surface area (Å²) in [4.78, 5) is 0. The first-order valence-corrected chi connectivity index (χ1v) is 8.81. The smallest absolute Gasteiger partial charge is 0.119 e. The van der Waals surface area contributed by atoms with Crippen LogP contribution in [-0.2, 0) is 14.9 Å². The van der Waals surface area contributed by atoms with Crippen molar-refractivity contribution in [3.8, 4) is 11.5 Å².